The molecular formula is C36H57FN6O4Si2. The van der Waals surface area contributed by atoms with Gasteiger partial charge < -0.3 is 19.1 Å². The van der Waals surface area contributed by atoms with Gasteiger partial charge in [0.25, 0.3) is 0 Å². The van der Waals surface area contributed by atoms with Crippen LogP contribution in [0, 0.1) is 17.2 Å². The highest BCUT2D eigenvalue weighted by molar-refractivity contribution is 6.76. The lowest BCUT2D eigenvalue weighted by Crippen LogP contribution is -2.50. The zero-order chi connectivity index (χ0) is 35.3. The van der Waals surface area contributed by atoms with E-state index in [0.717, 1.165) is 30.6 Å². The van der Waals surface area contributed by atoms with Gasteiger partial charge in [-0.2, -0.15) is 5.10 Å². The van der Waals surface area contributed by atoms with Gasteiger partial charge >= 0.3 is 0 Å². The Morgan fingerprint density at radius 3 is 2.39 bits per heavy atom. The molecule has 3 atom stereocenters. The van der Waals surface area contributed by atoms with Gasteiger partial charge in [0, 0.05) is 66.4 Å². The van der Waals surface area contributed by atoms with Crippen LogP contribution in [0.1, 0.15) is 31.5 Å². The van der Waals surface area contributed by atoms with Crippen molar-refractivity contribution < 1.29 is 23.4 Å². The molecule has 49 heavy (non-hydrogen) atoms. The van der Waals surface area contributed by atoms with Gasteiger partial charge in [0.2, 0.25) is 5.91 Å². The molecule has 0 spiro atoms. The Bertz CT molecular complexity index is 1670. The van der Waals surface area contributed by atoms with E-state index >= 15 is 4.39 Å². The van der Waals surface area contributed by atoms with Crippen molar-refractivity contribution in [3.05, 3.63) is 29.2 Å². The standard InChI is InChI=1S/C36H57FN6O4Si2/c1-25(41-10-12-45-13-11-41)35(44)40(3)27-19-29(37)33-30(20-27)42(23-46-14-16-48(4,5)6)34(38-33)32-28-18-26-21-36(26,2)22-31(28)43(39-32)24-47-15-17-49(7,8)9/h19-20,25-26H,10-18,21-24H2,1-9H3/t25?,26-,36-/m1/s1. The summed E-state index contributed by atoms with van der Waals surface area (Å²) < 4.78 is 38.2. The number of hydrogen-bond donors (Lipinski definition) is 0. The number of hydrogen-bond acceptors (Lipinski definition) is 7. The van der Waals surface area contributed by atoms with Crippen molar-refractivity contribution >= 4 is 38.8 Å². The number of benzene rings is 1. The molecule has 1 saturated carbocycles. The Hall–Kier alpha value is -2.43. The highest BCUT2D eigenvalue weighted by Crippen LogP contribution is 2.60. The molecule has 0 radical (unpaired) electrons. The molecule has 2 aromatic heterocycles. The fourth-order valence-corrected chi connectivity index (χ4v) is 8.68. The van der Waals surface area contributed by atoms with Gasteiger partial charge in [0.1, 0.15) is 24.7 Å². The summed E-state index contributed by atoms with van der Waals surface area (Å²) in [5, 5.41) is 5.16. The van der Waals surface area contributed by atoms with Crippen LogP contribution in [0.15, 0.2) is 12.1 Å². The molecule has 270 valence electrons. The number of morpholine rings is 1. The third-order valence-corrected chi connectivity index (χ3v) is 14.2. The van der Waals surface area contributed by atoms with Crippen molar-refractivity contribution in [2.24, 2.45) is 11.3 Å². The molecule has 3 aromatic rings. The van der Waals surface area contributed by atoms with Crippen molar-refractivity contribution in [1.29, 1.82) is 0 Å². The van der Waals surface area contributed by atoms with Crippen LogP contribution in [-0.4, -0.2) is 98.9 Å². The fraction of sp³-hybridized carbons (Fsp3) is 0.694. The average Bonchev–Trinajstić information content (AvgIpc) is 3.39. The third kappa shape index (κ3) is 8.07. The summed E-state index contributed by atoms with van der Waals surface area (Å²) >= 11 is 0. The van der Waals surface area contributed by atoms with Crippen molar-refractivity contribution in [3.63, 3.8) is 0 Å². The van der Waals surface area contributed by atoms with Gasteiger partial charge in [-0.3, -0.25) is 14.3 Å². The van der Waals surface area contributed by atoms with Gasteiger partial charge in [0.15, 0.2) is 11.6 Å². The number of anilines is 1. The molecular weight excluding hydrogens is 656 g/mol. The van der Waals surface area contributed by atoms with Gasteiger partial charge in [-0.25, -0.2) is 14.1 Å². The molecule has 1 aliphatic heterocycles. The largest absolute Gasteiger partial charge is 0.379 e. The van der Waals surface area contributed by atoms with Crippen molar-refractivity contribution in [2.75, 3.05) is 51.5 Å². The summed E-state index contributed by atoms with van der Waals surface area (Å²) in [6, 6.07) is 5.06. The molecule has 6 rings (SSSR count). The predicted octanol–water partition coefficient (Wildman–Crippen LogP) is 6.47. The minimum absolute atomic E-state index is 0.0900. The summed E-state index contributed by atoms with van der Waals surface area (Å²) in [5.74, 6) is 0.668. The lowest BCUT2D eigenvalue weighted by Gasteiger charge is -2.33. The number of carbonyl (C=O) groups excluding carboxylic acids is 1. The average molecular weight is 713 g/mol. The van der Waals surface area contributed by atoms with Crippen LogP contribution >= 0.6 is 0 Å². The van der Waals surface area contributed by atoms with Gasteiger partial charge in [-0.15, -0.1) is 0 Å². The number of ether oxygens (including phenoxy) is 3. The minimum atomic E-state index is -1.33. The van der Waals surface area contributed by atoms with Gasteiger partial charge in [0.05, 0.1) is 24.8 Å². The van der Waals surface area contributed by atoms with Crippen LogP contribution in [0.4, 0.5) is 10.1 Å². The number of imidazole rings is 1. The lowest BCUT2D eigenvalue weighted by molar-refractivity contribution is -0.124. The first kappa shape index (κ1) is 36.4. The Kier molecular flexibility index (Phi) is 10.4. The van der Waals surface area contributed by atoms with Gasteiger partial charge in [-0.05, 0) is 61.7 Å². The highest BCUT2D eigenvalue weighted by Gasteiger charge is 2.54. The number of amides is 1. The zero-order valence-electron chi connectivity index (χ0n) is 31.2. The second kappa shape index (κ2) is 13.9. The molecule has 0 N–H and O–H groups in total. The van der Waals surface area contributed by atoms with E-state index in [-0.39, 0.29) is 24.2 Å². The van der Waals surface area contributed by atoms with E-state index in [9.17, 15) is 4.79 Å². The molecule has 1 aromatic carbocycles. The first-order valence-electron chi connectivity index (χ1n) is 18.1. The summed E-state index contributed by atoms with van der Waals surface area (Å²) in [6.45, 7) is 22.9. The van der Waals surface area contributed by atoms with Crippen LogP contribution < -0.4 is 4.90 Å². The monoisotopic (exact) mass is 712 g/mol. The molecule has 0 bridgehead atoms. The van der Waals surface area contributed by atoms with Crippen LogP contribution in [-0.2, 0) is 45.3 Å². The quantitative estimate of drug-likeness (QED) is 0.140. The van der Waals surface area contributed by atoms with E-state index in [4.69, 9.17) is 24.3 Å². The van der Waals surface area contributed by atoms with Crippen LogP contribution in [0.3, 0.4) is 0 Å². The number of aromatic nitrogens is 4. The Morgan fingerprint density at radius 1 is 1.08 bits per heavy atom. The van der Waals surface area contributed by atoms with E-state index < -0.39 is 22.0 Å². The molecule has 3 heterocycles. The van der Waals surface area contributed by atoms with Crippen molar-refractivity contribution in [2.45, 2.75) is 104 Å². The molecule has 1 unspecified atom stereocenters. The number of rotatable bonds is 14. The number of halogens is 1. The third-order valence-electron chi connectivity index (χ3n) is 10.8. The fourth-order valence-electron chi connectivity index (χ4n) is 7.17. The number of nitrogens with zero attached hydrogens (tertiary/aromatic N) is 6. The van der Waals surface area contributed by atoms with Crippen LogP contribution in [0.5, 0.6) is 0 Å². The molecule has 3 aliphatic rings. The summed E-state index contributed by atoms with van der Waals surface area (Å²) in [7, 11) is -0.838. The number of likely N-dealkylation sites (N-methyl/N-ethyl adjacent to an activating group) is 1. The second-order valence-corrected chi connectivity index (χ2v) is 28.5. The number of carbonyl (C=O) groups is 1. The molecule has 10 nitrogen and oxygen atoms in total. The summed E-state index contributed by atoms with van der Waals surface area (Å²) in [5.41, 5.74) is 4.84. The molecule has 1 saturated heterocycles. The molecule has 2 fully saturated rings. The minimum Gasteiger partial charge on any atom is -0.379 e. The van der Waals surface area contributed by atoms with Crippen LogP contribution in [0.25, 0.3) is 22.6 Å². The number of fused-ring (bicyclic) bond motifs is 3. The second-order valence-electron chi connectivity index (χ2n) is 17.3. The van der Waals surface area contributed by atoms with E-state index in [1.165, 1.54) is 23.7 Å². The first-order chi connectivity index (χ1) is 23.0. The Morgan fingerprint density at radius 2 is 1.73 bits per heavy atom. The van der Waals surface area contributed by atoms with E-state index in [1.807, 2.05) is 22.2 Å². The highest BCUT2D eigenvalue weighted by atomic mass is 28.3. The van der Waals surface area contributed by atoms with E-state index in [2.05, 4.69) is 51.1 Å². The maximum atomic E-state index is 16.1. The first-order valence-corrected chi connectivity index (χ1v) is 25.5. The smallest absolute Gasteiger partial charge is 0.243 e. The topological polar surface area (TPSA) is 86.9 Å². The SMILES string of the molecule is CC(C(=O)N(C)c1cc(F)c2nc(-c3nn(COCC[Si](C)(C)C)c4c3C[C@@H]3C[C@]3(C)C4)n(COCC[Si](C)(C)C)c2c1)N1CCOCC1. The molecule has 13 heteroatoms. The predicted molar refractivity (Wildman–Crippen MR) is 198 cm³/mol. The molecule has 2 aliphatic carbocycles. The maximum Gasteiger partial charge on any atom is 0.243 e. The van der Waals surface area contributed by atoms with Crippen molar-refractivity contribution in [3.8, 4) is 11.5 Å². The van der Waals surface area contributed by atoms with E-state index in [1.54, 1.807) is 11.9 Å². The van der Waals surface area contributed by atoms with Crippen molar-refractivity contribution in [1.82, 2.24) is 24.2 Å². The normalized spacial score (nSPS) is 21.9. The summed E-state index contributed by atoms with van der Waals surface area (Å²) in [4.78, 5) is 22.3. The Balaban J connectivity index is 1.37. The van der Waals surface area contributed by atoms with Gasteiger partial charge in [-0.1, -0.05) is 46.2 Å². The van der Waals surface area contributed by atoms with Crippen LogP contribution in [0.2, 0.25) is 51.4 Å². The van der Waals surface area contributed by atoms with E-state index in [0.29, 0.717) is 74.6 Å². The Labute approximate surface area is 293 Å². The summed E-state index contributed by atoms with van der Waals surface area (Å²) in [6.07, 6.45) is 3.09. The molecule has 1 amide bonds. The maximum absolute atomic E-state index is 16.1. The zero-order valence-corrected chi connectivity index (χ0v) is 33.2. The lowest BCUT2D eigenvalue weighted by atomic mass is 9.87.